The van der Waals surface area contributed by atoms with Gasteiger partial charge in [0.2, 0.25) is 5.91 Å². The molecular weight excluding hydrogens is 399 g/mol. The summed E-state index contributed by atoms with van der Waals surface area (Å²) in [4.78, 5) is 19.1. The highest BCUT2D eigenvalue weighted by Gasteiger charge is 2.32. The number of hydrogen-bond acceptors (Lipinski definition) is 4. The molecule has 1 aliphatic rings. The molecule has 7 nitrogen and oxygen atoms in total. The Morgan fingerprint density at radius 3 is 2.57 bits per heavy atom. The van der Waals surface area contributed by atoms with Crippen molar-refractivity contribution in [2.45, 2.75) is 31.9 Å². The van der Waals surface area contributed by atoms with Gasteiger partial charge in [0.1, 0.15) is 12.3 Å². The van der Waals surface area contributed by atoms with Crippen LogP contribution in [0.15, 0.2) is 27.8 Å². The first-order valence-electron chi connectivity index (χ1n) is 10.3. The van der Waals surface area contributed by atoms with Crippen LogP contribution in [0.1, 0.15) is 25.0 Å². The zero-order valence-corrected chi connectivity index (χ0v) is 17.7. The molecule has 10 heteroatoms. The molecule has 1 aliphatic heterocycles. The van der Waals surface area contributed by atoms with Crippen LogP contribution in [0, 0.1) is 5.92 Å². The molecule has 0 aromatic carbocycles. The third kappa shape index (κ3) is 9.51. The number of furan rings is 1. The van der Waals surface area contributed by atoms with Gasteiger partial charge in [-0.3, -0.25) is 9.69 Å². The summed E-state index contributed by atoms with van der Waals surface area (Å²) in [7, 11) is 3.36. The number of hydrogen-bond donors (Lipinski definition) is 2. The molecule has 170 valence electrons. The molecule has 2 rings (SSSR count). The predicted octanol–water partition coefficient (Wildman–Crippen LogP) is 2.11. The summed E-state index contributed by atoms with van der Waals surface area (Å²) < 4.78 is 42.8. The smallest absolute Gasteiger partial charge is 0.401 e. The fraction of sp³-hybridized carbons (Fsp3) is 0.700. The molecule has 0 spiro atoms. The largest absolute Gasteiger partial charge is 0.469 e. The van der Waals surface area contributed by atoms with Crippen LogP contribution in [0.25, 0.3) is 0 Å². The van der Waals surface area contributed by atoms with Crippen LogP contribution in [0.3, 0.4) is 0 Å². The number of halogens is 3. The highest BCUT2D eigenvalue weighted by molar-refractivity contribution is 5.84. The third-order valence-electron chi connectivity index (χ3n) is 5.07. The number of aliphatic imine (C=N–C) groups is 1. The van der Waals surface area contributed by atoms with Crippen LogP contribution in [-0.4, -0.2) is 81.2 Å². The van der Waals surface area contributed by atoms with Crippen molar-refractivity contribution in [2.24, 2.45) is 10.9 Å². The lowest BCUT2D eigenvalue weighted by Gasteiger charge is -2.32. The summed E-state index contributed by atoms with van der Waals surface area (Å²) in [6.07, 6.45) is 0.543. The SMILES string of the molecule is CN(C)C(=O)CN=C(NCCc1ccco1)NCCC1CCN(CC(F)(F)F)CC1. The molecule has 1 saturated heterocycles. The van der Waals surface area contributed by atoms with E-state index in [1.165, 1.54) is 9.80 Å². The lowest BCUT2D eigenvalue weighted by molar-refractivity contribution is -0.148. The van der Waals surface area contributed by atoms with Crippen molar-refractivity contribution in [1.29, 1.82) is 0 Å². The zero-order valence-electron chi connectivity index (χ0n) is 17.7. The molecule has 2 heterocycles. The standard InChI is InChI=1S/C20H32F3N5O2/c1-27(2)18(29)14-26-19(25-10-6-17-4-3-13-30-17)24-9-5-16-7-11-28(12-8-16)15-20(21,22)23/h3-4,13,16H,5-12,14-15H2,1-2H3,(H2,24,25,26). The summed E-state index contributed by atoms with van der Waals surface area (Å²) in [5.41, 5.74) is 0. The van der Waals surface area contributed by atoms with E-state index in [-0.39, 0.29) is 12.5 Å². The second-order valence-corrected chi connectivity index (χ2v) is 7.76. The molecule has 1 fully saturated rings. The van der Waals surface area contributed by atoms with Crippen molar-refractivity contribution >= 4 is 11.9 Å². The van der Waals surface area contributed by atoms with E-state index in [1.54, 1.807) is 20.4 Å². The van der Waals surface area contributed by atoms with E-state index in [0.29, 0.717) is 44.5 Å². The van der Waals surface area contributed by atoms with Gasteiger partial charge in [-0.25, -0.2) is 4.99 Å². The van der Waals surface area contributed by atoms with Gasteiger partial charge in [-0.15, -0.1) is 0 Å². The fourth-order valence-electron chi connectivity index (χ4n) is 3.30. The van der Waals surface area contributed by atoms with Crippen LogP contribution in [-0.2, 0) is 11.2 Å². The molecule has 30 heavy (non-hydrogen) atoms. The molecule has 0 bridgehead atoms. The van der Waals surface area contributed by atoms with Gasteiger partial charge in [0.05, 0.1) is 12.8 Å². The summed E-state index contributed by atoms with van der Waals surface area (Å²) >= 11 is 0. The Hall–Kier alpha value is -2.23. The van der Waals surface area contributed by atoms with E-state index in [2.05, 4.69) is 15.6 Å². The molecule has 1 amide bonds. The van der Waals surface area contributed by atoms with Gasteiger partial charge >= 0.3 is 6.18 Å². The Morgan fingerprint density at radius 1 is 1.27 bits per heavy atom. The van der Waals surface area contributed by atoms with Gasteiger partial charge < -0.3 is 20.0 Å². The van der Waals surface area contributed by atoms with Gasteiger partial charge in [0.25, 0.3) is 0 Å². The minimum absolute atomic E-state index is 0.0406. The first kappa shape index (κ1) is 24.0. The molecular formula is C20H32F3N5O2. The van der Waals surface area contributed by atoms with Crippen molar-refractivity contribution < 1.29 is 22.4 Å². The number of amides is 1. The summed E-state index contributed by atoms with van der Waals surface area (Å²) in [5.74, 6) is 1.69. The van der Waals surface area contributed by atoms with E-state index in [4.69, 9.17) is 4.42 Å². The number of carbonyl (C=O) groups excluding carboxylic acids is 1. The number of piperidine rings is 1. The summed E-state index contributed by atoms with van der Waals surface area (Å²) in [5, 5.41) is 6.43. The van der Waals surface area contributed by atoms with E-state index in [9.17, 15) is 18.0 Å². The highest BCUT2D eigenvalue weighted by Crippen LogP contribution is 2.23. The zero-order chi connectivity index (χ0) is 22.0. The van der Waals surface area contributed by atoms with E-state index >= 15 is 0 Å². The molecule has 0 saturated carbocycles. The number of alkyl halides is 3. The van der Waals surface area contributed by atoms with Crippen molar-refractivity contribution in [3.8, 4) is 0 Å². The van der Waals surface area contributed by atoms with Crippen molar-refractivity contribution in [2.75, 3.05) is 53.4 Å². The Morgan fingerprint density at radius 2 is 1.97 bits per heavy atom. The van der Waals surface area contributed by atoms with Crippen LogP contribution >= 0.6 is 0 Å². The number of nitrogens with one attached hydrogen (secondary N) is 2. The second kappa shape index (κ2) is 11.8. The monoisotopic (exact) mass is 431 g/mol. The van der Waals surface area contributed by atoms with Gasteiger partial charge in [-0.2, -0.15) is 13.2 Å². The highest BCUT2D eigenvalue weighted by atomic mass is 19.4. The Kier molecular flexibility index (Phi) is 9.48. The number of rotatable bonds is 9. The predicted molar refractivity (Wildman–Crippen MR) is 109 cm³/mol. The van der Waals surface area contributed by atoms with Gasteiger partial charge in [0, 0.05) is 33.6 Å². The number of likely N-dealkylation sites (tertiary alicyclic amines) is 1. The number of guanidine groups is 1. The quantitative estimate of drug-likeness (QED) is 0.463. The van der Waals surface area contributed by atoms with Crippen LogP contribution in [0.5, 0.6) is 0 Å². The maximum absolute atomic E-state index is 12.5. The Bertz CT molecular complexity index is 654. The maximum Gasteiger partial charge on any atom is 0.401 e. The van der Waals surface area contributed by atoms with E-state index in [1.807, 2.05) is 12.1 Å². The first-order valence-corrected chi connectivity index (χ1v) is 10.3. The van der Waals surface area contributed by atoms with Crippen LogP contribution in [0.4, 0.5) is 13.2 Å². The lowest BCUT2D eigenvalue weighted by Crippen LogP contribution is -2.42. The van der Waals surface area contributed by atoms with Gasteiger partial charge in [-0.05, 0) is 50.4 Å². The fourth-order valence-corrected chi connectivity index (χ4v) is 3.30. The van der Waals surface area contributed by atoms with Crippen molar-refractivity contribution in [3.05, 3.63) is 24.2 Å². The molecule has 0 radical (unpaired) electrons. The van der Waals surface area contributed by atoms with E-state index in [0.717, 1.165) is 25.0 Å². The maximum atomic E-state index is 12.5. The van der Waals surface area contributed by atoms with Crippen molar-refractivity contribution in [1.82, 2.24) is 20.4 Å². The Balaban J connectivity index is 1.74. The second-order valence-electron chi connectivity index (χ2n) is 7.76. The first-order chi connectivity index (χ1) is 14.2. The molecule has 0 atom stereocenters. The number of likely N-dealkylation sites (N-methyl/N-ethyl adjacent to an activating group) is 1. The molecule has 0 aliphatic carbocycles. The normalized spacial score (nSPS) is 16.5. The van der Waals surface area contributed by atoms with Crippen LogP contribution < -0.4 is 10.6 Å². The van der Waals surface area contributed by atoms with Gasteiger partial charge in [0.15, 0.2) is 5.96 Å². The minimum atomic E-state index is -4.13. The van der Waals surface area contributed by atoms with E-state index < -0.39 is 12.7 Å². The number of nitrogens with zero attached hydrogens (tertiary/aromatic N) is 3. The average Bonchev–Trinajstić information content (AvgIpc) is 3.19. The molecule has 1 aromatic rings. The summed E-state index contributed by atoms with van der Waals surface area (Å²) in [6.45, 7) is 1.42. The summed E-state index contributed by atoms with van der Waals surface area (Å²) in [6, 6.07) is 3.73. The third-order valence-corrected chi connectivity index (χ3v) is 5.07. The topological polar surface area (TPSA) is 73.1 Å². The molecule has 1 aromatic heterocycles. The molecule has 0 unspecified atom stereocenters. The van der Waals surface area contributed by atoms with Crippen LogP contribution in [0.2, 0.25) is 0 Å². The Labute approximate surface area is 175 Å². The van der Waals surface area contributed by atoms with Crippen molar-refractivity contribution in [3.63, 3.8) is 0 Å². The van der Waals surface area contributed by atoms with Gasteiger partial charge in [-0.1, -0.05) is 0 Å². The average molecular weight is 432 g/mol. The minimum Gasteiger partial charge on any atom is -0.469 e. The number of carbonyl (C=O) groups is 1. The molecule has 2 N–H and O–H groups in total. The lowest BCUT2D eigenvalue weighted by atomic mass is 9.93.